The van der Waals surface area contributed by atoms with E-state index in [1.165, 1.54) is 24.3 Å². The second kappa shape index (κ2) is 14.7. The van der Waals surface area contributed by atoms with Crippen LogP contribution in [0.15, 0.2) is 84.3 Å². The number of Topliss-reactive ketones (excluding diaryl/α,β-unsaturated/α-hetero) is 2. The van der Waals surface area contributed by atoms with Crippen molar-refractivity contribution >= 4 is 45.9 Å². The highest BCUT2D eigenvalue weighted by Crippen LogP contribution is 2.57. The number of halogens is 4. The van der Waals surface area contributed by atoms with Crippen LogP contribution in [0, 0.1) is 17.6 Å². The molecule has 8 nitrogen and oxygen atoms in total. The topological polar surface area (TPSA) is 112 Å². The SMILES string of the molecule is CC1(C)OC(C)(C)C(O)=C(c2cc(Oc3ccc(Cl)cc3F)ccc2C2CC2CC2(C)OC(C)(C)C(O)=C(c3cc(Oc4ccc(Cl)c(F)c4)ccc3C3CC3)C2=O)C1=O. The lowest BCUT2D eigenvalue weighted by atomic mass is 9.77. The minimum Gasteiger partial charge on any atom is -0.508 e. The van der Waals surface area contributed by atoms with E-state index in [1.807, 2.05) is 6.07 Å². The first-order chi connectivity index (χ1) is 28.1. The fourth-order valence-corrected chi connectivity index (χ4v) is 9.10. The van der Waals surface area contributed by atoms with Crippen molar-refractivity contribution in [2.75, 3.05) is 0 Å². The molecule has 60 heavy (non-hydrogen) atoms. The number of rotatable bonds is 10. The van der Waals surface area contributed by atoms with Crippen LogP contribution in [0.3, 0.4) is 0 Å². The number of ether oxygens (including phenoxy) is 4. The Labute approximate surface area is 357 Å². The van der Waals surface area contributed by atoms with Crippen molar-refractivity contribution in [1.29, 1.82) is 0 Å². The Morgan fingerprint density at radius 1 is 0.667 bits per heavy atom. The second-order valence-corrected chi connectivity index (χ2v) is 18.8. The summed E-state index contributed by atoms with van der Waals surface area (Å²) < 4.78 is 53.8. The summed E-state index contributed by atoms with van der Waals surface area (Å²) in [7, 11) is 0. The largest absolute Gasteiger partial charge is 0.508 e. The Balaban J connectivity index is 1.14. The molecule has 2 aliphatic heterocycles. The van der Waals surface area contributed by atoms with E-state index in [-0.39, 0.29) is 79.9 Å². The van der Waals surface area contributed by atoms with Crippen LogP contribution in [-0.2, 0) is 19.1 Å². The number of carbonyl (C=O) groups is 2. The predicted octanol–water partition coefficient (Wildman–Crippen LogP) is 12.8. The summed E-state index contributed by atoms with van der Waals surface area (Å²) in [4.78, 5) is 29.0. The number of carbonyl (C=O) groups excluding carboxylic acids is 2. The molecule has 0 saturated heterocycles. The van der Waals surface area contributed by atoms with Crippen LogP contribution in [0.5, 0.6) is 23.0 Å². The van der Waals surface area contributed by atoms with Gasteiger partial charge in [-0.25, -0.2) is 8.78 Å². The molecule has 0 amide bonds. The molecule has 2 fully saturated rings. The number of hydrogen-bond acceptors (Lipinski definition) is 8. The molecule has 0 bridgehead atoms. The highest BCUT2D eigenvalue weighted by Gasteiger charge is 2.55. The zero-order valence-electron chi connectivity index (χ0n) is 34.3. The molecule has 0 aromatic heterocycles. The number of ketones is 2. The number of aliphatic hydroxyl groups is 2. The smallest absolute Gasteiger partial charge is 0.198 e. The summed E-state index contributed by atoms with van der Waals surface area (Å²) in [6, 6.07) is 18.7. The van der Waals surface area contributed by atoms with Gasteiger partial charge >= 0.3 is 0 Å². The zero-order chi connectivity index (χ0) is 43.3. The van der Waals surface area contributed by atoms with Gasteiger partial charge in [0, 0.05) is 11.1 Å². The third-order valence-corrected chi connectivity index (χ3v) is 12.5. The van der Waals surface area contributed by atoms with Crippen molar-refractivity contribution in [1.82, 2.24) is 0 Å². The molecule has 8 rings (SSSR count). The summed E-state index contributed by atoms with van der Waals surface area (Å²) in [5.74, 6) is -1.96. The molecule has 3 unspecified atom stereocenters. The fraction of sp³-hybridized carbons (Fsp3) is 0.375. The van der Waals surface area contributed by atoms with Crippen molar-refractivity contribution in [2.45, 2.75) is 108 Å². The molecule has 4 aromatic rings. The Kier molecular flexibility index (Phi) is 10.3. The highest BCUT2D eigenvalue weighted by molar-refractivity contribution is 6.31. The van der Waals surface area contributed by atoms with Gasteiger partial charge < -0.3 is 29.2 Å². The molecule has 2 aliphatic carbocycles. The lowest BCUT2D eigenvalue weighted by Gasteiger charge is -2.43. The van der Waals surface area contributed by atoms with Crippen molar-refractivity contribution in [3.8, 4) is 23.0 Å². The molecule has 2 heterocycles. The van der Waals surface area contributed by atoms with Gasteiger partial charge in [-0.05, 0) is 169 Å². The Hall–Kier alpha value is -4.74. The van der Waals surface area contributed by atoms with Gasteiger partial charge in [-0.2, -0.15) is 0 Å². The number of benzene rings is 4. The van der Waals surface area contributed by atoms with Gasteiger partial charge in [0.15, 0.2) is 23.1 Å². The average Bonchev–Trinajstić information content (AvgIpc) is 4.10. The molecule has 314 valence electrons. The van der Waals surface area contributed by atoms with E-state index >= 15 is 0 Å². The van der Waals surface area contributed by atoms with Crippen molar-refractivity contribution in [3.63, 3.8) is 0 Å². The van der Waals surface area contributed by atoms with Gasteiger partial charge in [-0.1, -0.05) is 35.3 Å². The molecule has 2 N–H and O–H groups in total. The molecule has 2 saturated carbocycles. The Morgan fingerprint density at radius 2 is 1.23 bits per heavy atom. The summed E-state index contributed by atoms with van der Waals surface area (Å²) >= 11 is 11.9. The summed E-state index contributed by atoms with van der Waals surface area (Å²) in [5, 5.41) is 23.6. The quantitative estimate of drug-likeness (QED) is 0.162. The summed E-state index contributed by atoms with van der Waals surface area (Å²) in [6.45, 7) is 11.9. The van der Waals surface area contributed by atoms with Crippen molar-refractivity contribution in [3.05, 3.63) is 128 Å². The van der Waals surface area contributed by atoms with Gasteiger partial charge in [0.25, 0.3) is 0 Å². The minimum atomic E-state index is -1.39. The van der Waals surface area contributed by atoms with E-state index in [9.17, 15) is 28.6 Å². The molecule has 0 radical (unpaired) electrons. The monoisotopic (exact) mass is 858 g/mol. The summed E-state index contributed by atoms with van der Waals surface area (Å²) in [6.07, 6.45) is 2.74. The lowest BCUT2D eigenvalue weighted by molar-refractivity contribution is -0.165. The molecular weight excluding hydrogens is 813 g/mol. The van der Waals surface area contributed by atoms with Crippen LogP contribution in [0.1, 0.15) is 108 Å². The van der Waals surface area contributed by atoms with E-state index in [4.69, 9.17) is 42.1 Å². The standard InChI is InChI=1S/C48H46Cl2F2O8/c1-45(2)41(53)39(42(54)46(3,4)59-45)34-21-28(58-38-17-10-26(49)19-37(38)52)12-15-31(34)32-18-25(32)23-48(7)44(56)40(43(55)47(5,6)60-48)33-20-27(11-14-30(33)24-8-9-24)57-29-13-16-35(50)36(51)22-29/h10-17,19-22,24-25,32,53,55H,8-9,18,23H2,1-7H3. The van der Waals surface area contributed by atoms with Crippen LogP contribution >= 0.6 is 23.2 Å². The van der Waals surface area contributed by atoms with E-state index in [2.05, 4.69) is 0 Å². The van der Waals surface area contributed by atoms with Gasteiger partial charge in [0.05, 0.1) is 16.2 Å². The van der Waals surface area contributed by atoms with E-state index in [0.29, 0.717) is 23.3 Å². The maximum Gasteiger partial charge on any atom is 0.198 e. The molecule has 0 spiro atoms. The first-order valence-electron chi connectivity index (χ1n) is 20.0. The van der Waals surface area contributed by atoms with Crippen LogP contribution in [-0.4, -0.2) is 44.2 Å². The van der Waals surface area contributed by atoms with Crippen LogP contribution < -0.4 is 9.47 Å². The third kappa shape index (κ3) is 7.72. The Bertz CT molecular complexity index is 2540. The first-order valence-corrected chi connectivity index (χ1v) is 20.8. The van der Waals surface area contributed by atoms with E-state index in [1.54, 1.807) is 84.9 Å². The maximum absolute atomic E-state index is 14.9. The molecule has 4 aromatic carbocycles. The van der Waals surface area contributed by atoms with Gasteiger partial charge in [-0.3, -0.25) is 9.59 Å². The molecule has 3 atom stereocenters. The fourth-order valence-electron chi connectivity index (χ4n) is 8.83. The molecule has 4 aliphatic rings. The third-order valence-electron chi connectivity index (χ3n) is 11.9. The van der Waals surface area contributed by atoms with Crippen LogP contribution in [0.4, 0.5) is 8.78 Å². The first kappa shape index (κ1) is 42.0. The van der Waals surface area contributed by atoms with Gasteiger partial charge in [0.2, 0.25) is 0 Å². The van der Waals surface area contributed by atoms with E-state index in [0.717, 1.165) is 30.0 Å². The minimum absolute atomic E-state index is 0.0391. The van der Waals surface area contributed by atoms with Gasteiger partial charge in [0.1, 0.15) is 57.0 Å². The molecule has 12 heteroatoms. The predicted molar refractivity (Wildman–Crippen MR) is 225 cm³/mol. The maximum atomic E-state index is 14.9. The van der Waals surface area contributed by atoms with E-state index < -0.39 is 39.8 Å². The molecular formula is C48H46Cl2F2O8. The van der Waals surface area contributed by atoms with Crippen molar-refractivity contribution in [2.24, 2.45) is 5.92 Å². The second-order valence-electron chi connectivity index (χ2n) is 18.0. The average molecular weight is 860 g/mol. The number of hydrogen-bond donors (Lipinski definition) is 2. The normalized spacial score (nSPS) is 24.4. The van der Waals surface area contributed by atoms with Crippen molar-refractivity contribution < 1.29 is 47.5 Å². The summed E-state index contributed by atoms with van der Waals surface area (Å²) in [5.41, 5.74) is -2.37. The van der Waals surface area contributed by atoms with Gasteiger partial charge in [-0.15, -0.1) is 0 Å². The van der Waals surface area contributed by atoms with Crippen LogP contribution in [0.25, 0.3) is 11.1 Å². The lowest BCUT2D eigenvalue weighted by Crippen LogP contribution is -2.51. The Morgan fingerprint density at radius 3 is 1.87 bits per heavy atom. The van der Waals surface area contributed by atoms with Crippen LogP contribution in [0.2, 0.25) is 10.0 Å². The zero-order valence-corrected chi connectivity index (χ0v) is 35.9. The number of aliphatic hydroxyl groups excluding tert-OH is 2. The highest BCUT2D eigenvalue weighted by atomic mass is 35.5.